The van der Waals surface area contributed by atoms with E-state index in [0.717, 1.165) is 16.8 Å². The summed E-state index contributed by atoms with van der Waals surface area (Å²) in [6, 6.07) is 14.9. The maximum atomic E-state index is 13.1. The van der Waals surface area contributed by atoms with Crippen LogP contribution in [-0.2, 0) is 0 Å². The van der Waals surface area contributed by atoms with E-state index in [4.69, 9.17) is 0 Å². The van der Waals surface area contributed by atoms with Crippen molar-refractivity contribution < 1.29 is 4.39 Å². The minimum absolute atomic E-state index is 0.138. The maximum Gasteiger partial charge on any atom is 0.123 e. The molecule has 2 nitrogen and oxygen atoms in total. The number of nitrogens with zero attached hydrogens (tertiary/aromatic N) is 1. The van der Waals surface area contributed by atoms with Crippen molar-refractivity contribution in [1.82, 2.24) is 0 Å². The van der Waals surface area contributed by atoms with Gasteiger partial charge in [0, 0.05) is 0 Å². The number of hydrogen-bond donors (Lipinski definition) is 1. The summed E-state index contributed by atoms with van der Waals surface area (Å²) in [7, 11) is 0. The first-order valence-corrected chi connectivity index (χ1v) is 7.21. The normalized spacial score (nSPS) is 15.3. The molecule has 0 radical (unpaired) electrons. The maximum absolute atomic E-state index is 13.1. The molecular formula is C18H17FN2. The van der Waals surface area contributed by atoms with Crippen LogP contribution in [0.5, 0.6) is 0 Å². The van der Waals surface area contributed by atoms with Crippen LogP contribution < -0.4 is 5.32 Å². The minimum atomic E-state index is -0.221. The molecule has 0 aromatic heterocycles. The Morgan fingerprint density at radius 3 is 2.52 bits per heavy atom. The summed E-state index contributed by atoms with van der Waals surface area (Å²) in [6.45, 7) is 1.94. The van der Waals surface area contributed by atoms with Crippen LogP contribution >= 0.6 is 0 Å². The topological polar surface area (TPSA) is 35.8 Å². The first kappa shape index (κ1) is 13.6. The van der Waals surface area contributed by atoms with Crippen LogP contribution in [0, 0.1) is 30.0 Å². The lowest BCUT2D eigenvalue weighted by Gasteiger charge is -2.21. The van der Waals surface area contributed by atoms with Gasteiger partial charge in [0.05, 0.1) is 17.3 Å². The van der Waals surface area contributed by atoms with E-state index < -0.39 is 0 Å². The van der Waals surface area contributed by atoms with Crippen LogP contribution in [0.2, 0.25) is 0 Å². The van der Waals surface area contributed by atoms with E-state index in [9.17, 15) is 9.65 Å². The molecule has 21 heavy (non-hydrogen) atoms. The first-order valence-electron chi connectivity index (χ1n) is 7.21. The average Bonchev–Trinajstić information content (AvgIpc) is 3.30. The number of aryl methyl sites for hydroxylation is 1. The molecule has 3 heteroatoms. The van der Waals surface area contributed by atoms with Gasteiger partial charge >= 0.3 is 0 Å². The van der Waals surface area contributed by atoms with Crippen molar-refractivity contribution in [3.05, 3.63) is 65.0 Å². The van der Waals surface area contributed by atoms with Crippen molar-refractivity contribution in [1.29, 1.82) is 5.26 Å². The number of hydrogen-bond acceptors (Lipinski definition) is 2. The number of anilines is 1. The van der Waals surface area contributed by atoms with Gasteiger partial charge in [0.1, 0.15) is 11.9 Å². The van der Waals surface area contributed by atoms with Crippen LogP contribution in [0.4, 0.5) is 10.1 Å². The molecule has 0 amide bonds. The lowest BCUT2D eigenvalue weighted by Crippen LogP contribution is -2.14. The molecule has 0 spiro atoms. The van der Waals surface area contributed by atoms with Gasteiger partial charge in [0.2, 0.25) is 0 Å². The number of halogens is 1. The third kappa shape index (κ3) is 2.90. The lowest BCUT2D eigenvalue weighted by molar-refractivity contribution is 0.622. The third-order valence-corrected chi connectivity index (χ3v) is 4.02. The molecule has 2 aromatic rings. The summed E-state index contributed by atoms with van der Waals surface area (Å²) in [5, 5.41) is 12.8. The summed E-state index contributed by atoms with van der Waals surface area (Å²) in [5.74, 6) is 0.337. The molecule has 2 aromatic carbocycles. The molecule has 1 aliphatic carbocycles. The molecule has 0 aliphatic heterocycles. The number of nitriles is 1. The predicted molar refractivity (Wildman–Crippen MR) is 81.4 cm³/mol. The van der Waals surface area contributed by atoms with Crippen molar-refractivity contribution in [2.75, 3.05) is 5.32 Å². The molecule has 1 unspecified atom stereocenters. The van der Waals surface area contributed by atoms with Gasteiger partial charge in [0.25, 0.3) is 0 Å². The van der Waals surface area contributed by atoms with Crippen molar-refractivity contribution in [3.8, 4) is 6.07 Å². The minimum Gasteiger partial charge on any atom is -0.377 e. The fourth-order valence-electron chi connectivity index (χ4n) is 2.68. The van der Waals surface area contributed by atoms with Crippen molar-refractivity contribution >= 4 is 5.69 Å². The van der Waals surface area contributed by atoms with Crippen molar-refractivity contribution in [2.24, 2.45) is 5.92 Å². The highest BCUT2D eigenvalue weighted by molar-refractivity contribution is 5.61. The van der Waals surface area contributed by atoms with Crippen LogP contribution in [0.1, 0.15) is 35.6 Å². The Kier molecular flexibility index (Phi) is 3.62. The Labute approximate surface area is 124 Å². The molecule has 106 valence electrons. The van der Waals surface area contributed by atoms with Crippen LogP contribution in [0.3, 0.4) is 0 Å². The van der Waals surface area contributed by atoms with Gasteiger partial charge in [-0.25, -0.2) is 4.39 Å². The van der Waals surface area contributed by atoms with E-state index in [1.807, 2.05) is 37.3 Å². The van der Waals surface area contributed by atoms with Crippen molar-refractivity contribution in [3.63, 3.8) is 0 Å². The van der Waals surface area contributed by atoms with E-state index in [1.165, 1.54) is 25.0 Å². The molecule has 1 atom stereocenters. The fourth-order valence-corrected chi connectivity index (χ4v) is 2.68. The molecule has 1 N–H and O–H groups in total. The number of rotatable bonds is 4. The Bertz CT molecular complexity index is 681. The van der Waals surface area contributed by atoms with E-state index >= 15 is 0 Å². The second-order valence-electron chi connectivity index (χ2n) is 5.62. The smallest absolute Gasteiger partial charge is 0.123 e. The van der Waals surface area contributed by atoms with Crippen LogP contribution in [0.25, 0.3) is 0 Å². The Balaban J connectivity index is 1.92. The number of nitrogens with one attached hydrogen (secondary N) is 1. The van der Waals surface area contributed by atoms with E-state index in [1.54, 1.807) is 0 Å². The molecule has 3 rings (SSSR count). The zero-order valence-corrected chi connectivity index (χ0v) is 11.9. The summed E-state index contributed by atoms with van der Waals surface area (Å²) in [5.41, 5.74) is 3.59. The highest BCUT2D eigenvalue weighted by Crippen LogP contribution is 2.43. The van der Waals surface area contributed by atoms with Gasteiger partial charge in [-0.15, -0.1) is 0 Å². The molecule has 1 fully saturated rings. The standard InChI is InChI=1S/C18H17FN2/c1-12-3-2-4-17(16(12)11-20)21-18(13-5-6-13)14-7-9-15(19)10-8-14/h2-4,7-10,13,18,21H,5-6H2,1H3. The molecule has 0 heterocycles. The molecule has 1 aliphatic rings. The molecule has 0 saturated heterocycles. The molecule has 1 saturated carbocycles. The van der Waals surface area contributed by atoms with Gasteiger partial charge in [-0.2, -0.15) is 5.26 Å². The zero-order chi connectivity index (χ0) is 14.8. The van der Waals surface area contributed by atoms with E-state index in [2.05, 4.69) is 11.4 Å². The largest absolute Gasteiger partial charge is 0.377 e. The predicted octanol–water partition coefficient (Wildman–Crippen LogP) is 4.57. The van der Waals surface area contributed by atoms with Gasteiger partial charge in [-0.1, -0.05) is 24.3 Å². The second-order valence-corrected chi connectivity index (χ2v) is 5.62. The average molecular weight is 280 g/mol. The molecule has 0 bridgehead atoms. The highest BCUT2D eigenvalue weighted by Gasteiger charge is 2.32. The SMILES string of the molecule is Cc1cccc(NC(c2ccc(F)cc2)C2CC2)c1C#N. The zero-order valence-electron chi connectivity index (χ0n) is 11.9. The fraction of sp³-hybridized carbons (Fsp3) is 0.278. The van der Waals surface area contributed by atoms with Gasteiger partial charge in [-0.05, 0) is 55.0 Å². The number of benzene rings is 2. The summed E-state index contributed by atoms with van der Waals surface area (Å²) in [6.07, 6.45) is 2.34. The highest BCUT2D eigenvalue weighted by atomic mass is 19.1. The van der Waals surface area contributed by atoms with Crippen LogP contribution in [-0.4, -0.2) is 0 Å². The van der Waals surface area contributed by atoms with Gasteiger partial charge in [0.15, 0.2) is 0 Å². The quantitative estimate of drug-likeness (QED) is 0.890. The molecular weight excluding hydrogens is 263 g/mol. The Hall–Kier alpha value is -2.34. The summed E-state index contributed by atoms with van der Waals surface area (Å²) in [4.78, 5) is 0. The first-order chi connectivity index (χ1) is 10.2. The Morgan fingerprint density at radius 1 is 1.19 bits per heavy atom. The lowest BCUT2D eigenvalue weighted by atomic mass is 10.0. The van der Waals surface area contributed by atoms with Crippen molar-refractivity contribution in [2.45, 2.75) is 25.8 Å². The van der Waals surface area contributed by atoms with E-state index in [0.29, 0.717) is 11.5 Å². The Morgan fingerprint density at radius 2 is 1.90 bits per heavy atom. The third-order valence-electron chi connectivity index (χ3n) is 4.02. The van der Waals surface area contributed by atoms with Gasteiger partial charge in [-0.3, -0.25) is 0 Å². The van der Waals surface area contributed by atoms with Gasteiger partial charge < -0.3 is 5.32 Å². The second kappa shape index (κ2) is 5.57. The van der Waals surface area contributed by atoms with Crippen LogP contribution in [0.15, 0.2) is 42.5 Å². The monoisotopic (exact) mass is 280 g/mol. The summed E-state index contributed by atoms with van der Waals surface area (Å²) < 4.78 is 13.1. The van der Waals surface area contributed by atoms with E-state index in [-0.39, 0.29) is 11.9 Å². The summed E-state index contributed by atoms with van der Waals surface area (Å²) >= 11 is 0.